The van der Waals surface area contributed by atoms with Gasteiger partial charge < -0.3 is 5.32 Å². The second-order valence-corrected chi connectivity index (χ2v) is 6.45. The topological polar surface area (TPSA) is 24.9 Å². The molecule has 1 aromatic rings. The molecule has 1 saturated carbocycles. The first kappa shape index (κ1) is 10.6. The molecule has 0 saturated heterocycles. The summed E-state index contributed by atoms with van der Waals surface area (Å²) >= 11 is 5.14. The van der Waals surface area contributed by atoms with E-state index in [9.17, 15) is 0 Å². The summed E-state index contributed by atoms with van der Waals surface area (Å²) in [6.45, 7) is 3.26. The van der Waals surface area contributed by atoms with E-state index in [-0.39, 0.29) is 0 Å². The van der Waals surface area contributed by atoms with Crippen molar-refractivity contribution in [3.63, 3.8) is 0 Å². The molecule has 14 heavy (non-hydrogen) atoms. The zero-order valence-electron chi connectivity index (χ0n) is 8.29. The first-order chi connectivity index (χ1) is 6.75. The van der Waals surface area contributed by atoms with Crippen LogP contribution in [-0.2, 0) is 6.54 Å². The minimum absolute atomic E-state index is 0.706. The minimum Gasteiger partial charge on any atom is -0.307 e. The van der Waals surface area contributed by atoms with Gasteiger partial charge in [-0.25, -0.2) is 4.98 Å². The molecular formula is C10H15BrN2S. The van der Waals surface area contributed by atoms with E-state index in [0.717, 1.165) is 16.2 Å². The highest BCUT2D eigenvalue weighted by Crippen LogP contribution is 2.25. The maximum absolute atomic E-state index is 4.31. The molecule has 0 aliphatic heterocycles. The Kier molecular flexibility index (Phi) is 3.57. The van der Waals surface area contributed by atoms with Crippen LogP contribution in [0.5, 0.6) is 0 Å². The van der Waals surface area contributed by atoms with Crippen LogP contribution >= 0.6 is 27.3 Å². The van der Waals surface area contributed by atoms with Crippen LogP contribution in [0.4, 0.5) is 0 Å². The van der Waals surface area contributed by atoms with E-state index in [1.165, 1.54) is 24.3 Å². The number of hydrogen-bond acceptors (Lipinski definition) is 3. The quantitative estimate of drug-likeness (QED) is 0.916. The summed E-state index contributed by atoms with van der Waals surface area (Å²) in [7, 11) is 0. The summed E-state index contributed by atoms with van der Waals surface area (Å²) in [4.78, 5) is 4.31. The summed E-state index contributed by atoms with van der Waals surface area (Å²) in [6.07, 6.45) is 5.95. The van der Waals surface area contributed by atoms with Gasteiger partial charge in [0.2, 0.25) is 0 Å². The minimum atomic E-state index is 0.706. The predicted octanol–water partition coefficient (Wildman–Crippen LogP) is 3.18. The van der Waals surface area contributed by atoms with Gasteiger partial charge in [-0.15, -0.1) is 11.3 Å². The van der Waals surface area contributed by atoms with Crippen molar-refractivity contribution in [1.29, 1.82) is 0 Å². The van der Waals surface area contributed by atoms with Crippen molar-refractivity contribution in [2.24, 2.45) is 5.92 Å². The summed E-state index contributed by atoms with van der Waals surface area (Å²) in [5.41, 5.74) is 0. The number of halogens is 1. The average molecular weight is 275 g/mol. The number of nitrogens with zero attached hydrogens (tertiary/aromatic N) is 1. The lowest BCUT2D eigenvalue weighted by Gasteiger charge is -2.15. The molecule has 1 fully saturated rings. The molecule has 2 unspecified atom stereocenters. The molecule has 1 N–H and O–H groups in total. The molecule has 0 radical (unpaired) electrons. The van der Waals surface area contributed by atoms with Gasteiger partial charge >= 0.3 is 0 Å². The van der Waals surface area contributed by atoms with Crippen molar-refractivity contribution in [2.75, 3.05) is 0 Å². The fraction of sp³-hybridized carbons (Fsp3) is 0.700. The summed E-state index contributed by atoms with van der Waals surface area (Å²) in [6, 6.07) is 0.706. The van der Waals surface area contributed by atoms with Gasteiger partial charge in [0.05, 0.1) is 9.98 Å². The SMILES string of the molecule is CC1CCCC1NCc1ncc(Br)s1. The molecule has 1 heterocycles. The van der Waals surface area contributed by atoms with E-state index in [4.69, 9.17) is 0 Å². The maximum Gasteiger partial charge on any atom is 0.107 e. The zero-order chi connectivity index (χ0) is 9.97. The Morgan fingerprint density at radius 3 is 3.07 bits per heavy atom. The van der Waals surface area contributed by atoms with Gasteiger partial charge in [-0.3, -0.25) is 0 Å². The van der Waals surface area contributed by atoms with Gasteiger partial charge in [-0.2, -0.15) is 0 Å². The molecular weight excluding hydrogens is 260 g/mol. The van der Waals surface area contributed by atoms with Crippen molar-refractivity contribution in [1.82, 2.24) is 10.3 Å². The maximum atomic E-state index is 4.31. The summed E-state index contributed by atoms with van der Waals surface area (Å²) < 4.78 is 1.12. The summed E-state index contributed by atoms with van der Waals surface area (Å²) in [5, 5.41) is 4.76. The zero-order valence-corrected chi connectivity index (χ0v) is 10.7. The van der Waals surface area contributed by atoms with Crippen LogP contribution in [0.25, 0.3) is 0 Å². The summed E-state index contributed by atoms with van der Waals surface area (Å²) in [5.74, 6) is 0.832. The van der Waals surface area contributed by atoms with Crippen LogP contribution < -0.4 is 5.32 Å². The number of nitrogens with one attached hydrogen (secondary N) is 1. The average Bonchev–Trinajstić information content (AvgIpc) is 2.72. The Morgan fingerprint density at radius 1 is 1.64 bits per heavy atom. The molecule has 2 rings (SSSR count). The Balaban J connectivity index is 1.82. The molecule has 4 heteroatoms. The molecule has 2 nitrogen and oxygen atoms in total. The third-order valence-corrected chi connectivity index (χ3v) is 4.38. The molecule has 0 aromatic carbocycles. The smallest absolute Gasteiger partial charge is 0.107 e. The standard InChI is InChI=1S/C10H15BrN2S/c1-7-3-2-4-8(7)12-6-10-13-5-9(11)14-10/h5,7-8,12H,2-4,6H2,1H3. The van der Waals surface area contributed by atoms with Crippen LogP contribution in [0.15, 0.2) is 9.98 Å². The van der Waals surface area contributed by atoms with E-state index in [0.29, 0.717) is 6.04 Å². The fourth-order valence-electron chi connectivity index (χ4n) is 2.04. The predicted molar refractivity (Wildman–Crippen MR) is 63.5 cm³/mol. The Hall–Kier alpha value is 0.0700. The van der Waals surface area contributed by atoms with Crippen LogP contribution in [0.2, 0.25) is 0 Å². The molecule has 0 amide bonds. The molecule has 0 spiro atoms. The van der Waals surface area contributed by atoms with Crippen molar-refractivity contribution >= 4 is 27.3 Å². The Labute approximate surface area is 97.3 Å². The van der Waals surface area contributed by atoms with Crippen molar-refractivity contribution in [2.45, 2.75) is 38.8 Å². The van der Waals surface area contributed by atoms with Crippen LogP contribution in [0, 0.1) is 5.92 Å². The largest absolute Gasteiger partial charge is 0.307 e. The lowest BCUT2D eigenvalue weighted by Crippen LogP contribution is -2.30. The highest BCUT2D eigenvalue weighted by Gasteiger charge is 2.22. The van der Waals surface area contributed by atoms with Crippen LogP contribution in [0.1, 0.15) is 31.2 Å². The molecule has 78 valence electrons. The molecule has 0 bridgehead atoms. The molecule has 1 aliphatic rings. The van der Waals surface area contributed by atoms with E-state index >= 15 is 0 Å². The Bertz CT molecular complexity index is 300. The van der Waals surface area contributed by atoms with Crippen LogP contribution in [-0.4, -0.2) is 11.0 Å². The van der Waals surface area contributed by atoms with E-state index < -0.39 is 0 Å². The van der Waals surface area contributed by atoms with E-state index in [1.807, 2.05) is 6.20 Å². The molecule has 1 aromatic heterocycles. The number of aromatic nitrogens is 1. The fourth-order valence-corrected chi connectivity index (χ4v) is 3.29. The third-order valence-electron chi connectivity index (χ3n) is 2.90. The van der Waals surface area contributed by atoms with Crippen LogP contribution in [0.3, 0.4) is 0 Å². The van der Waals surface area contributed by atoms with Gasteiger partial charge in [0.1, 0.15) is 5.01 Å². The number of hydrogen-bond donors (Lipinski definition) is 1. The molecule has 1 aliphatic carbocycles. The van der Waals surface area contributed by atoms with Crippen molar-refractivity contribution in [3.8, 4) is 0 Å². The highest BCUT2D eigenvalue weighted by atomic mass is 79.9. The lowest BCUT2D eigenvalue weighted by atomic mass is 10.1. The van der Waals surface area contributed by atoms with E-state index in [2.05, 4.69) is 33.2 Å². The van der Waals surface area contributed by atoms with Gasteiger partial charge in [0, 0.05) is 12.6 Å². The highest BCUT2D eigenvalue weighted by molar-refractivity contribution is 9.11. The third kappa shape index (κ3) is 2.55. The Morgan fingerprint density at radius 2 is 2.50 bits per heavy atom. The van der Waals surface area contributed by atoms with Crippen molar-refractivity contribution < 1.29 is 0 Å². The lowest BCUT2D eigenvalue weighted by molar-refractivity contribution is 0.425. The number of thiazole rings is 1. The molecule has 2 atom stereocenters. The monoisotopic (exact) mass is 274 g/mol. The first-order valence-corrected chi connectivity index (χ1v) is 6.70. The number of rotatable bonds is 3. The second kappa shape index (κ2) is 4.73. The first-order valence-electron chi connectivity index (χ1n) is 5.09. The van der Waals surface area contributed by atoms with Gasteiger partial charge in [0.15, 0.2) is 0 Å². The normalized spacial score (nSPS) is 27.0. The van der Waals surface area contributed by atoms with Gasteiger partial charge in [-0.05, 0) is 34.7 Å². The van der Waals surface area contributed by atoms with Gasteiger partial charge in [-0.1, -0.05) is 13.3 Å². The van der Waals surface area contributed by atoms with Crippen molar-refractivity contribution in [3.05, 3.63) is 15.0 Å². The second-order valence-electron chi connectivity index (χ2n) is 3.95. The van der Waals surface area contributed by atoms with E-state index in [1.54, 1.807) is 11.3 Å². The van der Waals surface area contributed by atoms with Gasteiger partial charge in [0.25, 0.3) is 0 Å².